The highest BCUT2D eigenvalue weighted by molar-refractivity contribution is 5.96. The van der Waals surface area contributed by atoms with Crippen molar-refractivity contribution in [3.05, 3.63) is 28.5 Å². The van der Waals surface area contributed by atoms with Gasteiger partial charge in [-0.2, -0.15) is 0 Å². The van der Waals surface area contributed by atoms with Crippen LogP contribution in [0.25, 0.3) is 11.1 Å². The lowest BCUT2D eigenvalue weighted by molar-refractivity contribution is -0.127. The van der Waals surface area contributed by atoms with Gasteiger partial charge < -0.3 is 14.5 Å². The second kappa shape index (κ2) is 5.08. The van der Waals surface area contributed by atoms with E-state index in [1.54, 1.807) is 0 Å². The van der Waals surface area contributed by atoms with Crippen molar-refractivity contribution >= 4 is 28.8 Å². The van der Waals surface area contributed by atoms with Crippen LogP contribution in [0.2, 0.25) is 0 Å². The third kappa shape index (κ3) is 2.15. The monoisotopic (exact) mass is 335 g/mol. The number of ether oxygens (including phenoxy) is 1. The summed E-state index contributed by atoms with van der Waals surface area (Å²) >= 11 is 0. The maximum absolute atomic E-state index is 14.5. The number of amides is 2. The highest BCUT2D eigenvalue weighted by atomic mass is 19.1. The number of nitrogens with zero attached hydrogens (tertiary/aromatic N) is 2. The Bertz CT molecular complexity index is 914. The third-order valence-corrected chi connectivity index (χ3v) is 4.22. The van der Waals surface area contributed by atoms with Crippen molar-refractivity contribution in [3.63, 3.8) is 0 Å². The number of cyclic esters (lactones) is 1. The third-order valence-electron chi connectivity index (χ3n) is 4.22. The predicted octanol–water partition coefficient (Wildman–Crippen LogP) is 1.14. The van der Waals surface area contributed by atoms with E-state index < -0.39 is 29.7 Å². The van der Waals surface area contributed by atoms with Crippen LogP contribution in [0.5, 0.6) is 0 Å². The van der Waals surface area contributed by atoms with E-state index in [1.807, 2.05) is 0 Å². The maximum atomic E-state index is 14.5. The molecule has 1 atom stereocenters. The number of benzene rings is 1. The second-order valence-corrected chi connectivity index (χ2v) is 5.84. The number of carbonyl (C=O) groups excluding carboxylic acids is 2. The largest absolute Gasteiger partial charge is 0.434 e. The van der Waals surface area contributed by atoms with Crippen molar-refractivity contribution in [1.29, 1.82) is 0 Å². The van der Waals surface area contributed by atoms with Crippen LogP contribution in [0.3, 0.4) is 0 Å². The van der Waals surface area contributed by atoms with E-state index in [0.717, 1.165) is 23.8 Å². The second-order valence-electron chi connectivity index (χ2n) is 5.84. The fraction of sp³-hybridized carbons (Fsp3) is 0.400. The first-order valence-corrected chi connectivity index (χ1v) is 7.54. The van der Waals surface area contributed by atoms with Crippen molar-refractivity contribution in [1.82, 2.24) is 9.88 Å². The smallest absolute Gasteiger partial charge is 0.420 e. The fourth-order valence-electron chi connectivity index (χ4n) is 2.90. The number of likely N-dealkylation sites (N-methyl/N-ethyl adjacent to an activating group) is 1. The summed E-state index contributed by atoms with van der Waals surface area (Å²) in [6.07, 6.45) is -0.111. The molecule has 1 aromatic carbocycles. The van der Waals surface area contributed by atoms with Crippen molar-refractivity contribution < 1.29 is 23.1 Å². The van der Waals surface area contributed by atoms with E-state index in [9.17, 15) is 18.8 Å². The Morgan fingerprint density at radius 2 is 2.08 bits per heavy atom. The molecule has 2 amide bonds. The standard InChI is InChI=1S/C15H14FN3O5/c1-17-13(20)11-6-18(14(21)24-11)8-4-9(16)12-10(5-8)23-15(22)19(12)7-2-3-7/h4-5,7,11H,2-3,6H2,1H3,(H,17,20)/t11-/m1/s1. The predicted molar refractivity (Wildman–Crippen MR) is 80.4 cm³/mol. The number of oxazole rings is 1. The normalized spacial score (nSPS) is 20.5. The summed E-state index contributed by atoms with van der Waals surface area (Å²) in [5, 5.41) is 2.39. The number of aromatic nitrogens is 1. The van der Waals surface area contributed by atoms with Gasteiger partial charge in [0.05, 0.1) is 12.2 Å². The van der Waals surface area contributed by atoms with Gasteiger partial charge in [-0.25, -0.2) is 14.0 Å². The van der Waals surface area contributed by atoms with Crippen LogP contribution >= 0.6 is 0 Å². The van der Waals surface area contributed by atoms with Gasteiger partial charge in [0.15, 0.2) is 17.5 Å². The molecule has 8 nitrogen and oxygen atoms in total. The Hall–Kier alpha value is -2.84. The van der Waals surface area contributed by atoms with Crippen LogP contribution < -0.4 is 16.0 Å². The number of fused-ring (bicyclic) bond motifs is 1. The summed E-state index contributed by atoms with van der Waals surface area (Å²) in [5.74, 6) is -1.72. The number of hydrogen-bond donors (Lipinski definition) is 1. The lowest BCUT2D eigenvalue weighted by Gasteiger charge is -2.13. The zero-order valence-electron chi connectivity index (χ0n) is 12.7. The van der Waals surface area contributed by atoms with Crippen molar-refractivity contribution in [2.24, 2.45) is 0 Å². The number of rotatable bonds is 3. The van der Waals surface area contributed by atoms with E-state index in [2.05, 4.69) is 5.32 Å². The molecule has 126 valence electrons. The van der Waals surface area contributed by atoms with Gasteiger partial charge in [-0.05, 0) is 12.8 Å². The number of anilines is 1. The topological polar surface area (TPSA) is 93.8 Å². The minimum Gasteiger partial charge on any atom is -0.434 e. The fourth-order valence-corrected chi connectivity index (χ4v) is 2.90. The highest BCUT2D eigenvalue weighted by Crippen LogP contribution is 2.38. The number of hydrogen-bond acceptors (Lipinski definition) is 5. The molecule has 1 saturated carbocycles. The lowest BCUT2D eigenvalue weighted by atomic mass is 10.2. The van der Waals surface area contributed by atoms with E-state index in [0.29, 0.717) is 0 Å². The zero-order chi connectivity index (χ0) is 17.0. The lowest BCUT2D eigenvalue weighted by Crippen LogP contribution is -2.35. The van der Waals surface area contributed by atoms with Crippen molar-refractivity contribution in [3.8, 4) is 0 Å². The van der Waals surface area contributed by atoms with Crippen LogP contribution in [-0.4, -0.2) is 36.3 Å². The van der Waals surface area contributed by atoms with Gasteiger partial charge in [-0.3, -0.25) is 14.3 Å². The van der Waals surface area contributed by atoms with Crippen LogP contribution in [0, 0.1) is 5.82 Å². The van der Waals surface area contributed by atoms with Gasteiger partial charge in [0, 0.05) is 25.2 Å². The molecule has 1 aliphatic carbocycles. The molecular weight excluding hydrogens is 321 g/mol. The number of carbonyl (C=O) groups is 2. The van der Waals surface area contributed by atoms with Gasteiger partial charge in [-0.15, -0.1) is 0 Å². The molecule has 2 aromatic rings. The number of halogens is 1. The quantitative estimate of drug-likeness (QED) is 0.908. The summed E-state index contributed by atoms with van der Waals surface area (Å²) in [7, 11) is 1.43. The first-order valence-electron chi connectivity index (χ1n) is 7.54. The van der Waals surface area contributed by atoms with E-state index in [-0.39, 0.29) is 29.4 Å². The minimum atomic E-state index is -0.968. The van der Waals surface area contributed by atoms with Gasteiger partial charge >= 0.3 is 11.8 Å². The zero-order valence-corrected chi connectivity index (χ0v) is 12.7. The SMILES string of the molecule is CNC(=O)[C@H]1CN(c2cc(F)c3c(c2)oc(=O)n3C2CC2)C(=O)O1. The molecule has 1 N–H and O–H groups in total. The van der Waals surface area contributed by atoms with Crippen LogP contribution in [-0.2, 0) is 9.53 Å². The molecule has 0 unspecified atom stereocenters. The molecule has 0 bridgehead atoms. The highest BCUT2D eigenvalue weighted by Gasteiger charge is 2.37. The average Bonchev–Trinajstić information content (AvgIpc) is 3.22. The molecule has 9 heteroatoms. The summed E-state index contributed by atoms with van der Waals surface area (Å²) < 4.78 is 25.9. The van der Waals surface area contributed by atoms with Gasteiger partial charge in [0.2, 0.25) is 0 Å². The Balaban J connectivity index is 1.75. The summed E-state index contributed by atoms with van der Waals surface area (Å²) in [5.41, 5.74) is 0.341. The van der Waals surface area contributed by atoms with Gasteiger partial charge in [-0.1, -0.05) is 0 Å². The van der Waals surface area contributed by atoms with Crippen molar-refractivity contribution in [2.45, 2.75) is 25.0 Å². The summed E-state index contributed by atoms with van der Waals surface area (Å²) in [6.45, 7) is -0.0446. The first kappa shape index (κ1) is 14.7. The van der Waals surface area contributed by atoms with Crippen LogP contribution in [0.4, 0.5) is 14.9 Å². The molecule has 4 rings (SSSR count). The summed E-state index contributed by atoms with van der Waals surface area (Å²) in [4.78, 5) is 36.6. The molecule has 0 radical (unpaired) electrons. The van der Waals surface area contributed by atoms with Gasteiger partial charge in [0.1, 0.15) is 5.52 Å². The van der Waals surface area contributed by atoms with Crippen LogP contribution in [0.1, 0.15) is 18.9 Å². The molecule has 1 saturated heterocycles. The Morgan fingerprint density at radius 1 is 1.33 bits per heavy atom. The molecule has 1 aliphatic heterocycles. The van der Waals surface area contributed by atoms with Crippen LogP contribution in [0.15, 0.2) is 21.3 Å². The van der Waals surface area contributed by atoms with Crippen molar-refractivity contribution in [2.75, 3.05) is 18.5 Å². The molecule has 2 heterocycles. The Kier molecular flexibility index (Phi) is 3.12. The Morgan fingerprint density at radius 3 is 2.75 bits per heavy atom. The molecule has 2 aliphatic rings. The average molecular weight is 335 g/mol. The van der Waals surface area contributed by atoms with Gasteiger partial charge in [0.25, 0.3) is 5.91 Å². The van der Waals surface area contributed by atoms with E-state index >= 15 is 0 Å². The Labute approximate surface area is 134 Å². The first-order chi connectivity index (χ1) is 11.5. The molecular formula is C15H14FN3O5. The minimum absolute atomic E-state index is 0.0338. The molecule has 0 spiro atoms. The maximum Gasteiger partial charge on any atom is 0.420 e. The van der Waals surface area contributed by atoms with E-state index in [1.165, 1.54) is 17.7 Å². The van der Waals surface area contributed by atoms with E-state index in [4.69, 9.17) is 9.15 Å². The molecule has 2 fully saturated rings. The molecule has 24 heavy (non-hydrogen) atoms. The number of nitrogens with one attached hydrogen (secondary N) is 1. The molecule has 1 aromatic heterocycles. The summed E-state index contributed by atoms with van der Waals surface area (Å²) in [6, 6.07) is 2.52.